The first-order valence-corrected chi connectivity index (χ1v) is 30.8. The van der Waals surface area contributed by atoms with Crippen LogP contribution in [0.3, 0.4) is 0 Å². The van der Waals surface area contributed by atoms with Gasteiger partial charge in [-0.15, -0.1) is 0 Å². The third-order valence-electron chi connectivity index (χ3n) is 17.8. The highest BCUT2D eigenvalue weighted by molar-refractivity contribution is 5.74. The Morgan fingerprint density at radius 3 is 1.12 bits per heavy atom. The van der Waals surface area contributed by atoms with Crippen molar-refractivity contribution >= 4 is 17.7 Å². The van der Waals surface area contributed by atoms with E-state index in [0.717, 1.165) is 20.8 Å². The molecule has 0 spiro atoms. The fraction of sp³-hybridized carbons (Fsp3) is 0.944. The minimum atomic E-state index is -2.39. The summed E-state index contributed by atoms with van der Waals surface area (Å²) in [6, 6.07) is -5.43. The van der Waals surface area contributed by atoms with Crippen LogP contribution in [0, 0.1) is 0 Å². The van der Waals surface area contributed by atoms with Gasteiger partial charge in [0.05, 0.1) is 51.8 Å². The van der Waals surface area contributed by atoms with Crippen LogP contribution in [0.1, 0.15) is 34.6 Å². The van der Waals surface area contributed by atoms with E-state index in [4.69, 9.17) is 71.1 Å². The van der Waals surface area contributed by atoms with E-state index in [0.29, 0.717) is 0 Å². The molecule has 0 bridgehead atoms. The van der Waals surface area contributed by atoms with E-state index in [9.17, 15) is 122 Å². The summed E-state index contributed by atoms with van der Waals surface area (Å²) in [7, 11) is 0. The summed E-state index contributed by atoms with van der Waals surface area (Å²) in [4.78, 5) is 38.7. The van der Waals surface area contributed by atoms with Crippen LogP contribution in [0.5, 0.6) is 0 Å². The van der Waals surface area contributed by atoms with Crippen molar-refractivity contribution in [3.05, 3.63) is 0 Å². The van der Waals surface area contributed by atoms with Gasteiger partial charge in [0.2, 0.25) is 17.7 Å². The Hall–Kier alpha value is -3.03. The largest absolute Gasteiger partial charge is 0.394 e. The molecule has 24 N–H and O–H groups in total. The number of amides is 3. The normalized spacial score (nSPS) is 50.3. The molecule has 8 saturated heterocycles. The molecule has 556 valence electrons. The van der Waals surface area contributed by atoms with Gasteiger partial charge in [0.1, 0.15) is 183 Å². The second kappa shape index (κ2) is 33.8. The van der Waals surface area contributed by atoms with E-state index in [1.165, 1.54) is 13.8 Å². The van der Waals surface area contributed by atoms with Crippen molar-refractivity contribution in [1.29, 1.82) is 0 Å². The van der Waals surface area contributed by atoms with Crippen LogP contribution in [0.25, 0.3) is 0 Å². The van der Waals surface area contributed by atoms with Crippen LogP contribution in [-0.2, 0) is 85.4 Å². The van der Waals surface area contributed by atoms with Crippen LogP contribution < -0.4 is 16.0 Å². The molecule has 0 saturated carbocycles. The summed E-state index contributed by atoms with van der Waals surface area (Å²) in [6.45, 7) is -0.702. The zero-order chi connectivity index (χ0) is 70.8. The topological polar surface area (TPSA) is 651 Å². The zero-order valence-electron chi connectivity index (χ0n) is 52.1. The van der Waals surface area contributed by atoms with Crippen molar-refractivity contribution in [2.75, 3.05) is 39.6 Å². The third-order valence-corrected chi connectivity index (χ3v) is 17.8. The standard InChI is InChI=1S/C54H91N3O39/c1-12-26(66)33(73)37(77)50(83-12)94-44-25(57-16(5)65)48(82-11-22-32(72)42(23(47(81)85-22)55-14(3)63)92-52-39(79)35(75)28(68)17(6-58)87-52)90-21(10-62)41(44)91-53-40(80)45(31(71)20(9-61)88-53)95-49-24(56-15(4)64)43(30(70)19(8-60)86-49)93-54-46(36(76)29(69)18(7-59)89-54)96-51-38(78)34(74)27(67)13(2)84-51/h12-13,17-54,58-62,66-81H,6-11H2,1-5H3,(H,55,63)(H,56,64)(H,57,65)/t12-,13-,17+,18+,19+,20+,21+,22+,23+,24+,25+,26+,27+,28-,29-,30+,31-,32-,33+,34+,35-,36-,37-,38-,39+,40+,41+,42+,43+,44+,45-,46+,47?,48+,49-,50-,51-,52-,53-,54-/m0/s1. The van der Waals surface area contributed by atoms with Crippen molar-refractivity contribution in [3.63, 3.8) is 0 Å². The van der Waals surface area contributed by atoms with Crippen LogP contribution >= 0.6 is 0 Å². The molecular weight excluding hydrogens is 1310 g/mol. The molecule has 96 heavy (non-hydrogen) atoms. The van der Waals surface area contributed by atoms with E-state index < -0.39 is 303 Å². The summed E-state index contributed by atoms with van der Waals surface area (Å²) >= 11 is 0. The first kappa shape index (κ1) is 78.7. The fourth-order valence-electron chi connectivity index (χ4n) is 12.5. The van der Waals surface area contributed by atoms with E-state index in [1.807, 2.05) is 0 Å². The minimum Gasteiger partial charge on any atom is -0.394 e. The molecule has 1 unspecified atom stereocenters. The molecule has 0 aromatic carbocycles. The predicted molar refractivity (Wildman–Crippen MR) is 296 cm³/mol. The van der Waals surface area contributed by atoms with Crippen molar-refractivity contribution in [2.24, 2.45) is 0 Å². The third kappa shape index (κ3) is 17.0. The SMILES string of the molecule is CC(=O)N[C@H]1[C@H](OC[C@H]2OC(O)[C@H](NC(C)=O)[C@@H](O[C@@H]3O[C@H](CO)[C@H](O)[C@H](O)[C@H]3O)[C@H]2O)O[C@H](CO)[C@@H](O[C@@H]2O[C@H](CO)[C@H](O)[C@H](O[C@@H]3O[C@H](CO)[C@@H](O)[C@H](O[C@@H]4O[C@H](CO)[C@H](O)[C@H](O)[C@H]4O[C@@H]4O[C@@H](C)[C@@H](O)[C@@H](O)[C@@H]4O)[C@H]3NC(C)=O)[C@H]2O)[C@@H]1O[C@@H]1O[C@@H](C)[C@@H](O)[C@@H](O)[C@@H]1O. The monoisotopic (exact) mass is 1410 g/mol. The minimum absolute atomic E-state index is 0.808. The van der Waals surface area contributed by atoms with E-state index in [-0.39, 0.29) is 0 Å². The van der Waals surface area contributed by atoms with E-state index in [1.54, 1.807) is 0 Å². The van der Waals surface area contributed by atoms with E-state index in [2.05, 4.69) is 16.0 Å². The molecule has 8 aliphatic heterocycles. The lowest BCUT2D eigenvalue weighted by molar-refractivity contribution is -0.393. The predicted octanol–water partition coefficient (Wildman–Crippen LogP) is -16.0. The quantitative estimate of drug-likeness (QED) is 0.0452. The molecule has 42 heteroatoms. The van der Waals surface area contributed by atoms with Crippen LogP contribution in [0.4, 0.5) is 0 Å². The van der Waals surface area contributed by atoms with Gasteiger partial charge in [0.25, 0.3) is 0 Å². The van der Waals surface area contributed by atoms with Gasteiger partial charge >= 0.3 is 0 Å². The molecule has 0 aromatic heterocycles. The second-order valence-corrected chi connectivity index (χ2v) is 24.6. The Labute approximate surface area is 545 Å². The highest BCUT2D eigenvalue weighted by Gasteiger charge is 2.60. The number of carbonyl (C=O) groups is 3. The Morgan fingerprint density at radius 2 is 0.625 bits per heavy atom. The van der Waals surface area contributed by atoms with Crippen molar-refractivity contribution < 1.29 is 193 Å². The fourth-order valence-corrected chi connectivity index (χ4v) is 12.5. The Morgan fingerprint density at radius 1 is 0.292 bits per heavy atom. The van der Waals surface area contributed by atoms with Crippen LogP contribution in [0.2, 0.25) is 0 Å². The van der Waals surface area contributed by atoms with Crippen LogP contribution in [-0.4, -0.2) is 410 Å². The van der Waals surface area contributed by atoms with Gasteiger partial charge in [0, 0.05) is 20.8 Å². The molecule has 40 atom stereocenters. The van der Waals surface area contributed by atoms with Gasteiger partial charge in [-0.05, 0) is 13.8 Å². The Bertz CT molecular complexity index is 2470. The number of hydrogen-bond acceptors (Lipinski definition) is 39. The summed E-state index contributed by atoms with van der Waals surface area (Å²) < 4.78 is 88.8. The first-order chi connectivity index (χ1) is 45.3. The first-order valence-electron chi connectivity index (χ1n) is 30.8. The molecule has 0 radical (unpaired) electrons. The highest BCUT2D eigenvalue weighted by atomic mass is 16.8. The zero-order valence-corrected chi connectivity index (χ0v) is 52.1. The maximum atomic E-state index is 13.3. The van der Waals surface area contributed by atoms with Crippen molar-refractivity contribution in [1.82, 2.24) is 16.0 Å². The lowest BCUT2D eigenvalue weighted by atomic mass is 9.93. The number of rotatable bonds is 23. The second-order valence-electron chi connectivity index (χ2n) is 24.6. The summed E-state index contributed by atoms with van der Waals surface area (Å²) in [6.07, 6.45) is -71.7. The average Bonchev–Trinajstić information content (AvgIpc) is 0.773. The average molecular weight is 1410 g/mol. The molecule has 0 aliphatic carbocycles. The highest BCUT2D eigenvalue weighted by Crippen LogP contribution is 2.39. The number of nitrogens with one attached hydrogen (secondary N) is 3. The van der Waals surface area contributed by atoms with Crippen LogP contribution in [0.15, 0.2) is 0 Å². The molecular formula is C54H91N3O39. The summed E-state index contributed by atoms with van der Waals surface area (Å²) in [5.74, 6) is -2.65. The number of carbonyl (C=O) groups excluding carboxylic acids is 3. The molecule has 8 fully saturated rings. The van der Waals surface area contributed by atoms with Gasteiger partial charge < -0.3 is 194 Å². The summed E-state index contributed by atoms with van der Waals surface area (Å²) in [5.41, 5.74) is 0. The number of aliphatic hydroxyl groups is 21. The summed E-state index contributed by atoms with van der Waals surface area (Å²) in [5, 5.41) is 237. The molecule has 3 amide bonds. The van der Waals surface area contributed by atoms with Crippen molar-refractivity contribution in [2.45, 2.75) is 280 Å². The van der Waals surface area contributed by atoms with E-state index >= 15 is 0 Å². The maximum Gasteiger partial charge on any atom is 0.217 e. The number of aliphatic hydroxyl groups excluding tert-OH is 21. The molecule has 8 heterocycles. The van der Waals surface area contributed by atoms with Gasteiger partial charge in [-0.2, -0.15) is 0 Å². The van der Waals surface area contributed by atoms with Gasteiger partial charge in [-0.3, -0.25) is 14.4 Å². The Balaban J connectivity index is 1.09. The van der Waals surface area contributed by atoms with Gasteiger partial charge in [0.15, 0.2) is 50.3 Å². The maximum absolute atomic E-state index is 13.3. The lowest BCUT2D eigenvalue weighted by Crippen LogP contribution is -2.71. The van der Waals surface area contributed by atoms with Crippen molar-refractivity contribution in [3.8, 4) is 0 Å². The smallest absolute Gasteiger partial charge is 0.217 e. The molecule has 42 nitrogen and oxygen atoms in total. The van der Waals surface area contributed by atoms with Gasteiger partial charge in [-0.1, -0.05) is 0 Å². The molecule has 8 rings (SSSR count). The Kier molecular flexibility index (Phi) is 27.7. The molecule has 0 aromatic rings. The molecule has 8 aliphatic rings. The number of hydrogen-bond donors (Lipinski definition) is 24. The number of ether oxygens (including phenoxy) is 15. The lowest BCUT2D eigenvalue weighted by Gasteiger charge is -2.51. The van der Waals surface area contributed by atoms with Gasteiger partial charge in [-0.25, -0.2) is 0 Å².